The van der Waals surface area contributed by atoms with Crippen molar-refractivity contribution in [3.05, 3.63) is 81.5 Å². The maximum atomic E-state index is 13.7. The summed E-state index contributed by atoms with van der Waals surface area (Å²) in [6.45, 7) is 14.1. The fourth-order valence-corrected chi connectivity index (χ4v) is 4.93. The molecule has 3 aromatic heterocycles. The van der Waals surface area contributed by atoms with Crippen molar-refractivity contribution in [2.24, 2.45) is 0 Å². The Morgan fingerprint density at radius 2 is 1.85 bits per heavy atom. The number of anilines is 3. The number of hydrogen-bond acceptors (Lipinski definition) is 8. The highest BCUT2D eigenvalue weighted by Gasteiger charge is 2.15. The first-order valence-electron chi connectivity index (χ1n) is 13.9. The normalized spacial score (nSPS) is 13.2. The predicted molar refractivity (Wildman–Crippen MR) is 161 cm³/mol. The molecule has 206 valence electrons. The van der Waals surface area contributed by atoms with E-state index in [4.69, 9.17) is 4.98 Å². The van der Waals surface area contributed by atoms with Gasteiger partial charge in [-0.3, -0.25) is 14.3 Å². The van der Waals surface area contributed by atoms with Crippen molar-refractivity contribution in [3.8, 4) is 12.0 Å². The molecule has 0 spiro atoms. The van der Waals surface area contributed by atoms with E-state index in [2.05, 4.69) is 62.6 Å². The van der Waals surface area contributed by atoms with Gasteiger partial charge in [0.05, 0.1) is 12.1 Å². The minimum absolute atomic E-state index is 0.184. The first-order valence-corrected chi connectivity index (χ1v) is 13.9. The van der Waals surface area contributed by atoms with Crippen LogP contribution in [0, 0.1) is 25.8 Å². The van der Waals surface area contributed by atoms with E-state index in [9.17, 15) is 4.79 Å². The molecule has 0 unspecified atom stereocenters. The Morgan fingerprint density at radius 3 is 2.58 bits per heavy atom. The fraction of sp³-hybridized carbons (Fsp3) is 0.355. The molecule has 5 rings (SSSR count). The molecule has 0 aliphatic carbocycles. The molecule has 0 bridgehead atoms. The van der Waals surface area contributed by atoms with E-state index in [1.165, 1.54) is 11.3 Å². The number of rotatable bonds is 7. The van der Waals surface area contributed by atoms with Crippen molar-refractivity contribution in [2.75, 3.05) is 49.5 Å². The van der Waals surface area contributed by atoms with E-state index in [-0.39, 0.29) is 5.56 Å². The average molecular weight is 537 g/mol. The Kier molecular flexibility index (Phi) is 8.27. The highest BCUT2D eigenvalue weighted by atomic mass is 16.1. The second kappa shape index (κ2) is 12.2. The first-order chi connectivity index (χ1) is 19.5. The van der Waals surface area contributed by atoms with Gasteiger partial charge in [0.15, 0.2) is 0 Å². The summed E-state index contributed by atoms with van der Waals surface area (Å²) in [5.41, 5.74) is 6.12. The number of aromatic nitrogens is 4. The molecule has 9 heteroatoms. The van der Waals surface area contributed by atoms with E-state index in [1.807, 2.05) is 31.7 Å². The van der Waals surface area contributed by atoms with Gasteiger partial charge in [-0.25, -0.2) is 4.98 Å². The third-order valence-corrected chi connectivity index (χ3v) is 7.33. The molecule has 1 saturated heterocycles. The third-order valence-electron chi connectivity index (χ3n) is 7.33. The summed E-state index contributed by atoms with van der Waals surface area (Å²) in [5.74, 6) is 3.52. The van der Waals surface area contributed by atoms with Crippen LogP contribution in [0.2, 0.25) is 0 Å². The molecule has 2 N–H and O–H groups in total. The van der Waals surface area contributed by atoms with Gasteiger partial charge in [-0.15, -0.1) is 0 Å². The number of hydrogen-bond donors (Lipinski definition) is 2. The van der Waals surface area contributed by atoms with Gasteiger partial charge >= 0.3 is 0 Å². The molecule has 0 atom stereocenters. The Hall–Kier alpha value is -4.42. The SMILES string of the molecule is CCN(C#Cc1cc2cnc(Nc3ccc(N4CCNCC4)c(C)c3)nc2n(Cc2cnccc2C)c1=O)CC. The lowest BCUT2D eigenvalue weighted by atomic mass is 10.1. The summed E-state index contributed by atoms with van der Waals surface area (Å²) in [6, 6.07) is 13.2. The first kappa shape index (κ1) is 27.2. The molecular weight excluding hydrogens is 500 g/mol. The third kappa shape index (κ3) is 5.92. The number of aryl methyl sites for hydroxylation is 2. The van der Waals surface area contributed by atoms with Crippen LogP contribution in [0.25, 0.3) is 11.0 Å². The van der Waals surface area contributed by atoms with Gasteiger partial charge in [0.25, 0.3) is 5.56 Å². The quantitative estimate of drug-likeness (QED) is 0.273. The van der Waals surface area contributed by atoms with Crippen LogP contribution in [-0.4, -0.2) is 63.7 Å². The number of fused-ring (bicyclic) bond motifs is 1. The Balaban J connectivity index is 1.53. The van der Waals surface area contributed by atoms with Crippen molar-refractivity contribution in [1.82, 2.24) is 29.7 Å². The highest BCUT2D eigenvalue weighted by molar-refractivity contribution is 5.78. The van der Waals surface area contributed by atoms with E-state index in [0.29, 0.717) is 23.7 Å². The lowest BCUT2D eigenvalue weighted by Gasteiger charge is -2.30. The number of nitrogens with one attached hydrogen (secondary N) is 2. The smallest absolute Gasteiger partial charge is 0.268 e. The van der Waals surface area contributed by atoms with Crippen molar-refractivity contribution in [2.45, 2.75) is 34.2 Å². The van der Waals surface area contributed by atoms with Crippen LogP contribution in [0.1, 0.15) is 36.1 Å². The van der Waals surface area contributed by atoms with Crippen molar-refractivity contribution in [3.63, 3.8) is 0 Å². The number of benzene rings is 1. The Bertz CT molecular complexity index is 1620. The minimum Gasteiger partial charge on any atom is -0.369 e. The van der Waals surface area contributed by atoms with Crippen LogP contribution in [0.4, 0.5) is 17.3 Å². The predicted octanol–water partition coefficient (Wildman–Crippen LogP) is 3.66. The number of piperazine rings is 1. The van der Waals surface area contributed by atoms with E-state index >= 15 is 0 Å². The molecule has 1 aliphatic rings. The van der Waals surface area contributed by atoms with Gasteiger partial charge in [0.2, 0.25) is 5.95 Å². The van der Waals surface area contributed by atoms with Crippen LogP contribution in [0.5, 0.6) is 0 Å². The van der Waals surface area contributed by atoms with Crippen LogP contribution in [-0.2, 0) is 6.54 Å². The van der Waals surface area contributed by atoms with E-state index < -0.39 is 0 Å². The zero-order valence-electron chi connectivity index (χ0n) is 23.7. The second-order valence-corrected chi connectivity index (χ2v) is 10.00. The molecule has 0 amide bonds. The van der Waals surface area contributed by atoms with E-state index in [1.54, 1.807) is 29.2 Å². The lowest BCUT2D eigenvalue weighted by Crippen LogP contribution is -2.43. The lowest BCUT2D eigenvalue weighted by molar-refractivity contribution is 0.444. The molecule has 1 fully saturated rings. The molecule has 40 heavy (non-hydrogen) atoms. The summed E-state index contributed by atoms with van der Waals surface area (Å²) in [4.78, 5) is 31.8. The number of nitrogens with zero attached hydrogens (tertiary/aromatic N) is 6. The molecule has 0 saturated carbocycles. The highest BCUT2D eigenvalue weighted by Crippen LogP contribution is 2.26. The summed E-state index contributed by atoms with van der Waals surface area (Å²) >= 11 is 0. The maximum absolute atomic E-state index is 13.7. The van der Waals surface area contributed by atoms with Gasteiger partial charge < -0.3 is 20.4 Å². The molecule has 1 aromatic carbocycles. The standard InChI is InChI=1S/C31H36N8O/c1-5-37(6-2)14-10-24-18-25-20-34-31(35-27-7-8-28(23(4)17-27)38-15-12-32-13-16-38)36-29(25)39(30(24)40)21-26-19-33-11-9-22(26)3/h7-9,11,17-20,32H,5-6,12-13,15-16,21H2,1-4H3,(H,34,35,36). The molecule has 1 aliphatic heterocycles. The largest absolute Gasteiger partial charge is 0.369 e. The average Bonchev–Trinajstić information content (AvgIpc) is 2.97. The van der Waals surface area contributed by atoms with Crippen LogP contribution < -0.4 is 21.1 Å². The Morgan fingerprint density at radius 1 is 1.05 bits per heavy atom. The van der Waals surface area contributed by atoms with Gasteiger partial charge in [-0.05, 0) is 80.6 Å². The van der Waals surface area contributed by atoms with Crippen molar-refractivity contribution >= 4 is 28.4 Å². The van der Waals surface area contributed by atoms with Gasteiger partial charge in [0.1, 0.15) is 5.65 Å². The summed E-state index contributed by atoms with van der Waals surface area (Å²) in [6.07, 6.45) is 5.30. The van der Waals surface area contributed by atoms with Crippen molar-refractivity contribution in [1.29, 1.82) is 0 Å². The van der Waals surface area contributed by atoms with Crippen LogP contribution >= 0.6 is 0 Å². The fourth-order valence-electron chi connectivity index (χ4n) is 4.93. The van der Waals surface area contributed by atoms with Crippen molar-refractivity contribution < 1.29 is 0 Å². The number of pyridine rings is 2. The monoisotopic (exact) mass is 536 g/mol. The molecule has 9 nitrogen and oxygen atoms in total. The molecule has 4 heterocycles. The van der Waals surface area contributed by atoms with E-state index in [0.717, 1.165) is 61.5 Å². The second-order valence-electron chi connectivity index (χ2n) is 10.00. The van der Waals surface area contributed by atoms with Crippen LogP contribution in [0.3, 0.4) is 0 Å². The van der Waals surface area contributed by atoms with Crippen LogP contribution in [0.15, 0.2) is 53.7 Å². The minimum atomic E-state index is -0.184. The molecule has 4 aromatic rings. The topological polar surface area (TPSA) is 91.2 Å². The van der Waals surface area contributed by atoms with Gasteiger partial charge in [0, 0.05) is 80.7 Å². The summed E-state index contributed by atoms with van der Waals surface area (Å²) < 4.78 is 1.68. The zero-order chi connectivity index (χ0) is 28.1. The van der Waals surface area contributed by atoms with Gasteiger partial charge in [-0.1, -0.05) is 0 Å². The Labute approximate surface area is 235 Å². The molecular formula is C31H36N8O. The summed E-state index contributed by atoms with van der Waals surface area (Å²) in [7, 11) is 0. The van der Waals surface area contributed by atoms with Gasteiger partial charge in [-0.2, -0.15) is 4.98 Å². The maximum Gasteiger partial charge on any atom is 0.268 e. The molecule has 0 radical (unpaired) electrons. The summed E-state index contributed by atoms with van der Waals surface area (Å²) in [5, 5.41) is 7.50. The zero-order valence-corrected chi connectivity index (χ0v) is 23.7.